The second kappa shape index (κ2) is 8.81. The number of hydrogen-bond acceptors (Lipinski definition) is 3. The SMILES string of the molecule is CNC(=O)c1cccc(NC(=O)c2ccccc2OCc2ccc(F)cc2)c1. The Bertz CT molecular complexity index is 987. The number of halogens is 1. The fourth-order valence-electron chi connectivity index (χ4n) is 2.60. The van der Waals surface area contributed by atoms with Gasteiger partial charge < -0.3 is 15.4 Å². The maximum Gasteiger partial charge on any atom is 0.259 e. The standard InChI is InChI=1S/C22H19FN2O3/c1-24-21(26)16-5-4-6-18(13-16)25-22(27)19-7-2-3-8-20(19)28-14-15-9-11-17(23)12-10-15/h2-13H,14H2,1H3,(H,24,26)(H,25,27). The number of anilines is 1. The molecule has 3 aromatic carbocycles. The Balaban J connectivity index is 1.73. The molecule has 0 aromatic heterocycles. The number of benzene rings is 3. The van der Waals surface area contributed by atoms with Crippen LogP contribution in [0.15, 0.2) is 72.8 Å². The Kier molecular flexibility index (Phi) is 6.01. The number of ether oxygens (including phenoxy) is 1. The summed E-state index contributed by atoms with van der Waals surface area (Å²) in [6, 6.07) is 19.5. The van der Waals surface area contributed by atoms with E-state index in [9.17, 15) is 14.0 Å². The lowest BCUT2D eigenvalue weighted by molar-refractivity contribution is 0.0961. The molecule has 0 unspecified atom stereocenters. The van der Waals surface area contributed by atoms with E-state index in [4.69, 9.17) is 4.74 Å². The molecule has 5 nitrogen and oxygen atoms in total. The minimum atomic E-state index is -0.358. The number of nitrogens with one attached hydrogen (secondary N) is 2. The first-order valence-electron chi connectivity index (χ1n) is 8.66. The normalized spacial score (nSPS) is 10.2. The van der Waals surface area contributed by atoms with E-state index in [1.54, 1.807) is 67.7 Å². The minimum absolute atomic E-state index is 0.205. The monoisotopic (exact) mass is 378 g/mol. The van der Waals surface area contributed by atoms with Gasteiger partial charge in [0, 0.05) is 18.3 Å². The lowest BCUT2D eigenvalue weighted by Gasteiger charge is -2.12. The van der Waals surface area contributed by atoms with Crippen molar-refractivity contribution in [2.75, 3.05) is 12.4 Å². The Morgan fingerprint density at radius 1 is 0.929 bits per heavy atom. The lowest BCUT2D eigenvalue weighted by atomic mass is 10.1. The van der Waals surface area contributed by atoms with Crippen LogP contribution >= 0.6 is 0 Å². The molecule has 6 heteroatoms. The van der Waals surface area contributed by atoms with Crippen molar-refractivity contribution in [3.63, 3.8) is 0 Å². The molecule has 28 heavy (non-hydrogen) atoms. The van der Waals surface area contributed by atoms with Crippen LogP contribution in [0, 0.1) is 5.82 Å². The van der Waals surface area contributed by atoms with Gasteiger partial charge in [-0.15, -0.1) is 0 Å². The van der Waals surface area contributed by atoms with Gasteiger partial charge >= 0.3 is 0 Å². The summed E-state index contributed by atoms with van der Waals surface area (Å²) in [5.41, 5.74) is 2.09. The van der Waals surface area contributed by atoms with E-state index in [1.165, 1.54) is 12.1 Å². The van der Waals surface area contributed by atoms with Gasteiger partial charge in [-0.05, 0) is 48.0 Å². The van der Waals surface area contributed by atoms with Crippen molar-refractivity contribution >= 4 is 17.5 Å². The molecule has 0 atom stereocenters. The quantitative estimate of drug-likeness (QED) is 0.681. The maximum atomic E-state index is 13.0. The summed E-state index contributed by atoms with van der Waals surface area (Å²) in [5.74, 6) is -0.503. The van der Waals surface area contributed by atoms with Gasteiger partial charge in [-0.3, -0.25) is 9.59 Å². The van der Waals surface area contributed by atoms with Gasteiger partial charge in [0.15, 0.2) is 0 Å². The van der Waals surface area contributed by atoms with Crippen molar-refractivity contribution in [3.8, 4) is 5.75 Å². The van der Waals surface area contributed by atoms with E-state index in [-0.39, 0.29) is 24.2 Å². The molecule has 0 aliphatic carbocycles. The van der Waals surface area contributed by atoms with Crippen molar-refractivity contribution in [3.05, 3.63) is 95.3 Å². The third-order valence-corrected chi connectivity index (χ3v) is 4.05. The Hall–Kier alpha value is -3.67. The Morgan fingerprint density at radius 3 is 2.43 bits per heavy atom. The molecule has 0 aliphatic rings. The van der Waals surface area contributed by atoms with Gasteiger partial charge in [-0.25, -0.2) is 4.39 Å². The zero-order chi connectivity index (χ0) is 19.9. The largest absolute Gasteiger partial charge is 0.488 e. The highest BCUT2D eigenvalue weighted by molar-refractivity contribution is 6.06. The zero-order valence-electron chi connectivity index (χ0n) is 15.2. The minimum Gasteiger partial charge on any atom is -0.488 e. The molecular formula is C22H19FN2O3. The van der Waals surface area contributed by atoms with Crippen LogP contribution in [-0.2, 0) is 6.61 Å². The molecular weight excluding hydrogens is 359 g/mol. The highest BCUT2D eigenvalue weighted by atomic mass is 19.1. The smallest absolute Gasteiger partial charge is 0.259 e. The highest BCUT2D eigenvalue weighted by Crippen LogP contribution is 2.21. The molecule has 0 heterocycles. The molecule has 3 rings (SSSR count). The molecule has 3 aromatic rings. The first-order chi connectivity index (χ1) is 13.6. The van der Waals surface area contributed by atoms with Crippen LogP contribution < -0.4 is 15.4 Å². The van der Waals surface area contributed by atoms with Gasteiger partial charge in [-0.1, -0.05) is 30.3 Å². The van der Waals surface area contributed by atoms with E-state index in [0.29, 0.717) is 22.6 Å². The van der Waals surface area contributed by atoms with Crippen LogP contribution in [0.25, 0.3) is 0 Å². The summed E-state index contributed by atoms with van der Waals surface area (Å²) in [6.45, 7) is 0.205. The van der Waals surface area contributed by atoms with Crippen LogP contribution in [0.5, 0.6) is 5.75 Å². The zero-order valence-corrected chi connectivity index (χ0v) is 15.2. The number of amides is 2. The first kappa shape index (κ1) is 19.1. The van der Waals surface area contributed by atoms with Crippen LogP contribution in [0.2, 0.25) is 0 Å². The molecule has 2 N–H and O–H groups in total. The Labute approximate surface area is 162 Å². The van der Waals surface area contributed by atoms with Gasteiger partial charge in [0.2, 0.25) is 0 Å². The molecule has 2 amide bonds. The Morgan fingerprint density at radius 2 is 1.68 bits per heavy atom. The number of hydrogen-bond donors (Lipinski definition) is 2. The van der Waals surface area contributed by atoms with E-state index in [0.717, 1.165) is 5.56 Å². The van der Waals surface area contributed by atoms with E-state index >= 15 is 0 Å². The summed E-state index contributed by atoms with van der Waals surface area (Å²) in [4.78, 5) is 24.4. The summed E-state index contributed by atoms with van der Waals surface area (Å²) in [6.07, 6.45) is 0. The van der Waals surface area contributed by atoms with Gasteiger partial charge in [0.05, 0.1) is 5.56 Å². The van der Waals surface area contributed by atoms with E-state index < -0.39 is 0 Å². The molecule has 0 radical (unpaired) electrons. The molecule has 0 aliphatic heterocycles. The number of para-hydroxylation sites is 1. The fourth-order valence-corrected chi connectivity index (χ4v) is 2.60. The highest BCUT2D eigenvalue weighted by Gasteiger charge is 2.13. The van der Waals surface area contributed by atoms with Crippen LogP contribution in [-0.4, -0.2) is 18.9 Å². The molecule has 0 fully saturated rings. The molecule has 0 spiro atoms. The summed E-state index contributed by atoms with van der Waals surface area (Å²) < 4.78 is 18.8. The number of rotatable bonds is 6. The third-order valence-electron chi connectivity index (χ3n) is 4.05. The second-order valence-corrected chi connectivity index (χ2v) is 6.03. The second-order valence-electron chi connectivity index (χ2n) is 6.03. The van der Waals surface area contributed by atoms with Crippen LogP contribution in [0.1, 0.15) is 26.3 Å². The van der Waals surface area contributed by atoms with Gasteiger partial charge in [0.25, 0.3) is 11.8 Å². The molecule has 0 bridgehead atoms. The van der Waals surface area contributed by atoms with Gasteiger partial charge in [0.1, 0.15) is 18.2 Å². The molecule has 0 saturated carbocycles. The predicted octanol–water partition coefficient (Wildman–Crippen LogP) is 4.02. The number of carbonyl (C=O) groups excluding carboxylic acids is 2. The average Bonchev–Trinajstić information content (AvgIpc) is 2.73. The topological polar surface area (TPSA) is 67.4 Å². The average molecular weight is 378 g/mol. The van der Waals surface area contributed by atoms with E-state index in [1.807, 2.05) is 0 Å². The summed E-state index contributed by atoms with van der Waals surface area (Å²) >= 11 is 0. The van der Waals surface area contributed by atoms with Crippen molar-refractivity contribution in [1.29, 1.82) is 0 Å². The fraction of sp³-hybridized carbons (Fsp3) is 0.0909. The summed E-state index contributed by atoms with van der Waals surface area (Å²) in [7, 11) is 1.54. The maximum absolute atomic E-state index is 13.0. The van der Waals surface area contributed by atoms with Crippen molar-refractivity contribution < 1.29 is 18.7 Å². The predicted molar refractivity (Wildman–Crippen MR) is 105 cm³/mol. The first-order valence-corrected chi connectivity index (χ1v) is 8.66. The van der Waals surface area contributed by atoms with Crippen molar-refractivity contribution in [2.24, 2.45) is 0 Å². The van der Waals surface area contributed by atoms with Crippen molar-refractivity contribution in [2.45, 2.75) is 6.61 Å². The third kappa shape index (κ3) is 4.73. The van der Waals surface area contributed by atoms with Crippen molar-refractivity contribution in [1.82, 2.24) is 5.32 Å². The van der Waals surface area contributed by atoms with Crippen LogP contribution in [0.4, 0.5) is 10.1 Å². The van der Waals surface area contributed by atoms with Crippen LogP contribution in [0.3, 0.4) is 0 Å². The van der Waals surface area contributed by atoms with E-state index in [2.05, 4.69) is 10.6 Å². The molecule has 0 saturated heterocycles. The lowest BCUT2D eigenvalue weighted by Crippen LogP contribution is -2.18. The number of carbonyl (C=O) groups is 2. The molecule has 142 valence electrons. The summed E-state index contributed by atoms with van der Waals surface area (Å²) in [5, 5.41) is 5.32. The van der Waals surface area contributed by atoms with Gasteiger partial charge in [-0.2, -0.15) is 0 Å².